The van der Waals surface area contributed by atoms with Crippen LogP contribution in [0.3, 0.4) is 0 Å². The highest BCUT2D eigenvalue weighted by Gasteiger charge is 2.52. The third-order valence-corrected chi connectivity index (χ3v) is 3.91. The first kappa shape index (κ1) is 14.3. The van der Waals surface area contributed by atoms with E-state index in [0.29, 0.717) is 25.8 Å². The molecule has 20 heavy (non-hydrogen) atoms. The van der Waals surface area contributed by atoms with Crippen molar-refractivity contribution in [2.24, 2.45) is 5.41 Å². The first-order valence-corrected chi connectivity index (χ1v) is 6.83. The van der Waals surface area contributed by atoms with E-state index in [2.05, 4.69) is 6.58 Å². The van der Waals surface area contributed by atoms with Crippen molar-refractivity contribution in [2.45, 2.75) is 25.7 Å². The molecule has 1 unspecified atom stereocenters. The van der Waals surface area contributed by atoms with Gasteiger partial charge in [-0.15, -0.1) is 6.58 Å². The van der Waals surface area contributed by atoms with E-state index in [-0.39, 0.29) is 5.91 Å². The molecule has 1 fully saturated rings. The van der Waals surface area contributed by atoms with E-state index in [1.807, 2.05) is 30.3 Å². The topological polar surface area (TPSA) is 57.6 Å². The number of carbonyl (C=O) groups excluding carboxylic acids is 1. The first-order chi connectivity index (χ1) is 9.62. The third kappa shape index (κ3) is 2.46. The van der Waals surface area contributed by atoms with Crippen molar-refractivity contribution in [2.75, 3.05) is 11.4 Å². The summed E-state index contributed by atoms with van der Waals surface area (Å²) in [5.41, 5.74) is -0.497. The normalized spacial score (nSPS) is 22.0. The van der Waals surface area contributed by atoms with Gasteiger partial charge in [0, 0.05) is 12.2 Å². The van der Waals surface area contributed by atoms with Gasteiger partial charge >= 0.3 is 5.97 Å². The summed E-state index contributed by atoms with van der Waals surface area (Å²) < 4.78 is 0. The average molecular weight is 273 g/mol. The minimum absolute atomic E-state index is 0.291. The number of carboxylic acids is 1. The fourth-order valence-electron chi connectivity index (χ4n) is 2.71. The molecule has 0 bridgehead atoms. The molecule has 1 aromatic carbocycles. The van der Waals surface area contributed by atoms with E-state index in [4.69, 9.17) is 0 Å². The number of unbranched alkanes of at least 4 members (excludes halogenated alkanes) is 1. The Morgan fingerprint density at radius 1 is 1.40 bits per heavy atom. The summed E-state index contributed by atoms with van der Waals surface area (Å²) >= 11 is 0. The number of hydrogen-bond acceptors (Lipinski definition) is 2. The highest BCUT2D eigenvalue weighted by molar-refractivity contribution is 6.11. The number of amides is 1. The van der Waals surface area contributed by atoms with Gasteiger partial charge in [-0.3, -0.25) is 9.59 Å². The van der Waals surface area contributed by atoms with Crippen LogP contribution >= 0.6 is 0 Å². The molecule has 0 aromatic heterocycles. The number of anilines is 1. The van der Waals surface area contributed by atoms with Crippen molar-refractivity contribution in [3.63, 3.8) is 0 Å². The molecule has 106 valence electrons. The Labute approximate surface area is 118 Å². The molecular weight excluding hydrogens is 254 g/mol. The average Bonchev–Trinajstić information content (AvgIpc) is 2.79. The van der Waals surface area contributed by atoms with Gasteiger partial charge < -0.3 is 10.0 Å². The lowest BCUT2D eigenvalue weighted by Crippen LogP contribution is -2.40. The summed E-state index contributed by atoms with van der Waals surface area (Å²) in [4.78, 5) is 25.8. The van der Waals surface area contributed by atoms with E-state index in [1.165, 1.54) is 0 Å². The molecule has 1 N–H and O–H groups in total. The Hall–Kier alpha value is -2.10. The predicted molar refractivity (Wildman–Crippen MR) is 77.5 cm³/mol. The zero-order valence-electron chi connectivity index (χ0n) is 11.4. The monoisotopic (exact) mass is 273 g/mol. The van der Waals surface area contributed by atoms with Crippen LogP contribution in [-0.2, 0) is 9.59 Å². The van der Waals surface area contributed by atoms with E-state index in [0.717, 1.165) is 12.1 Å². The van der Waals surface area contributed by atoms with E-state index >= 15 is 0 Å². The van der Waals surface area contributed by atoms with Crippen LogP contribution in [0.2, 0.25) is 0 Å². The number of rotatable bonds is 6. The Kier molecular flexibility index (Phi) is 4.23. The van der Waals surface area contributed by atoms with E-state index < -0.39 is 11.4 Å². The third-order valence-electron chi connectivity index (χ3n) is 3.91. The van der Waals surface area contributed by atoms with Crippen molar-refractivity contribution in [3.8, 4) is 0 Å². The second-order valence-corrected chi connectivity index (χ2v) is 5.11. The highest BCUT2D eigenvalue weighted by Crippen LogP contribution is 2.39. The van der Waals surface area contributed by atoms with Gasteiger partial charge in [0.2, 0.25) is 5.91 Å². The van der Waals surface area contributed by atoms with Crippen LogP contribution in [0.5, 0.6) is 0 Å². The van der Waals surface area contributed by atoms with Crippen molar-refractivity contribution < 1.29 is 14.7 Å². The summed E-state index contributed by atoms with van der Waals surface area (Å²) in [5, 5.41) is 9.52. The molecule has 1 amide bonds. The van der Waals surface area contributed by atoms with Crippen molar-refractivity contribution in [3.05, 3.63) is 43.0 Å². The van der Waals surface area contributed by atoms with E-state index in [1.54, 1.807) is 11.0 Å². The molecule has 0 saturated carbocycles. The number of benzene rings is 1. The Morgan fingerprint density at radius 2 is 2.10 bits per heavy atom. The number of allylic oxidation sites excluding steroid dienone is 1. The number of para-hydroxylation sites is 1. The SMILES string of the molecule is C=CCCCC1(C(=O)O)CCN(c2ccccc2)C1=O. The Balaban J connectivity index is 2.22. The minimum Gasteiger partial charge on any atom is -0.480 e. The second-order valence-electron chi connectivity index (χ2n) is 5.11. The molecule has 0 aliphatic carbocycles. The second kappa shape index (κ2) is 5.90. The summed E-state index contributed by atoms with van der Waals surface area (Å²) in [6, 6.07) is 9.24. The fraction of sp³-hybridized carbons (Fsp3) is 0.375. The van der Waals surface area contributed by atoms with Crippen LogP contribution in [0.1, 0.15) is 25.7 Å². The number of carboxylic acid groups (broad SMARTS) is 1. The lowest BCUT2D eigenvalue weighted by atomic mass is 9.81. The predicted octanol–water partition coefficient (Wildman–Crippen LogP) is 2.85. The molecule has 1 aliphatic heterocycles. The minimum atomic E-state index is -1.27. The molecule has 0 radical (unpaired) electrons. The largest absolute Gasteiger partial charge is 0.480 e. The van der Waals surface area contributed by atoms with Crippen LogP contribution in [0.25, 0.3) is 0 Å². The summed E-state index contributed by atoms with van der Waals surface area (Å²) in [6.07, 6.45) is 3.89. The van der Waals surface area contributed by atoms with Gasteiger partial charge in [0.05, 0.1) is 0 Å². The molecule has 4 heteroatoms. The van der Waals surface area contributed by atoms with Gasteiger partial charge in [0.15, 0.2) is 0 Å². The Morgan fingerprint density at radius 3 is 2.70 bits per heavy atom. The molecule has 1 saturated heterocycles. The van der Waals surface area contributed by atoms with Crippen LogP contribution in [0.4, 0.5) is 5.69 Å². The lowest BCUT2D eigenvalue weighted by Gasteiger charge is -2.23. The number of aliphatic carboxylic acids is 1. The van der Waals surface area contributed by atoms with Crippen LogP contribution in [-0.4, -0.2) is 23.5 Å². The standard InChI is InChI=1S/C16H19NO3/c1-2-3-7-10-16(15(19)20)11-12-17(14(16)18)13-8-5-4-6-9-13/h2,4-6,8-9H,1,3,7,10-12H2,(H,19,20). The molecule has 1 heterocycles. The summed E-state index contributed by atoms with van der Waals surface area (Å²) in [6.45, 7) is 4.09. The molecule has 1 aromatic rings. The maximum absolute atomic E-state index is 12.6. The fourth-order valence-corrected chi connectivity index (χ4v) is 2.71. The van der Waals surface area contributed by atoms with Gasteiger partial charge in [-0.25, -0.2) is 0 Å². The summed E-state index contributed by atoms with van der Waals surface area (Å²) in [5.74, 6) is -1.30. The van der Waals surface area contributed by atoms with Gasteiger partial charge in [0.1, 0.15) is 5.41 Å². The van der Waals surface area contributed by atoms with E-state index in [9.17, 15) is 14.7 Å². The number of hydrogen-bond donors (Lipinski definition) is 1. The molecule has 0 spiro atoms. The van der Waals surface area contributed by atoms with Gasteiger partial charge in [-0.1, -0.05) is 24.3 Å². The van der Waals surface area contributed by atoms with Crippen LogP contribution in [0, 0.1) is 5.41 Å². The number of nitrogens with zero attached hydrogens (tertiary/aromatic N) is 1. The highest BCUT2D eigenvalue weighted by atomic mass is 16.4. The quantitative estimate of drug-likeness (QED) is 0.492. The van der Waals surface area contributed by atoms with Crippen LogP contribution < -0.4 is 4.90 Å². The molecule has 2 rings (SSSR count). The van der Waals surface area contributed by atoms with Gasteiger partial charge in [-0.05, 0) is 37.8 Å². The van der Waals surface area contributed by atoms with Gasteiger partial charge in [0.25, 0.3) is 0 Å². The zero-order chi connectivity index (χ0) is 14.6. The lowest BCUT2D eigenvalue weighted by molar-refractivity contribution is -0.153. The first-order valence-electron chi connectivity index (χ1n) is 6.83. The van der Waals surface area contributed by atoms with Crippen molar-refractivity contribution in [1.82, 2.24) is 0 Å². The maximum Gasteiger partial charge on any atom is 0.319 e. The zero-order valence-corrected chi connectivity index (χ0v) is 11.4. The van der Waals surface area contributed by atoms with Crippen LogP contribution in [0.15, 0.2) is 43.0 Å². The maximum atomic E-state index is 12.6. The smallest absolute Gasteiger partial charge is 0.319 e. The Bertz CT molecular complexity index is 512. The summed E-state index contributed by atoms with van der Waals surface area (Å²) in [7, 11) is 0. The van der Waals surface area contributed by atoms with Crippen molar-refractivity contribution in [1.29, 1.82) is 0 Å². The molecular formula is C16H19NO3. The van der Waals surface area contributed by atoms with Gasteiger partial charge in [-0.2, -0.15) is 0 Å². The number of carbonyl (C=O) groups is 2. The molecule has 1 atom stereocenters. The molecule has 4 nitrogen and oxygen atoms in total. The van der Waals surface area contributed by atoms with Crippen molar-refractivity contribution >= 4 is 17.6 Å². The molecule has 1 aliphatic rings.